The summed E-state index contributed by atoms with van der Waals surface area (Å²) in [6, 6.07) is 14.4. The zero-order valence-corrected chi connectivity index (χ0v) is 16.6. The van der Waals surface area contributed by atoms with Gasteiger partial charge >= 0.3 is 6.61 Å². The fraction of sp³-hybridized carbons (Fsp3) is 0.333. The van der Waals surface area contributed by atoms with E-state index in [4.69, 9.17) is 4.98 Å². The number of piperidine rings is 1. The number of rotatable bonds is 6. The number of aromatic nitrogens is 1. The summed E-state index contributed by atoms with van der Waals surface area (Å²) in [5, 5.41) is 3.78. The maximum atomic E-state index is 12.7. The van der Waals surface area contributed by atoms with Gasteiger partial charge in [-0.25, -0.2) is 4.98 Å². The van der Waals surface area contributed by atoms with Crippen molar-refractivity contribution in [2.45, 2.75) is 31.9 Å². The Bertz CT molecular complexity index is 962. The Balaban J connectivity index is 1.48. The number of quaternary nitrogens is 1. The molecule has 0 bridgehead atoms. The Morgan fingerprint density at radius 3 is 2.83 bits per heavy atom. The van der Waals surface area contributed by atoms with Crippen LogP contribution in [0.15, 0.2) is 48.5 Å². The molecule has 152 valence electrons. The number of alkyl halides is 2. The number of hydrogen-bond acceptors (Lipinski definition) is 4. The number of likely N-dealkylation sites (tertiary alicyclic amines) is 1. The highest BCUT2D eigenvalue weighted by atomic mass is 32.1. The van der Waals surface area contributed by atoms with Crippen LogP contribution in [-0.2, 0) is 4.79 Å². The molecule has 1 saturated heterocycles. The van der Waals surface area contributed by atoms with Crippen LogP contribution < -0.4 is 15.0 Å². The molecule has 1 aliphatic heterocycles. The van der Waals surface area contributed by atoms with Crippen LogP contribution >= 0.6 is 11.3 Å². The standard InChI is InChI=1S/C21H21F2N3O2S/c22-21(23)28-17-10-3-1-7-14(17)24-19(27)13-26-12-6-5-9-16(26)20-25-15-8-2-4-11-18(15)29-20/h1-4,7-8,10-11,16,21H,5-6,9,12-13H2,(H,24,27)/p+1/t16-/m1/s1. The van der Waals surface area contributed by atoms with Gasteiger partial charge in [-0.3, -0.25) is 4.79 Å². The first-order valence-corrected chi connectivity index (χ1v) is 10.5. The van der Waals surface area contributed by atoms with Gasteiger partial charge in [-0.05, 0) is 37.1 Å². The quantitative estimate of drug-likeness (QED) is 0.643. The van der Waals surface area contributed by atoms with Gasteiger partial charge in [0, 0.05) is 6.42 Å². The van der Waals surface area contributed by atoms with Gasteiger partial charge in [0.25, 0.3) is 5.91 Å². The van der Waals surface area contributed by atoms with Crippen molar-refractivity contribution < 1.29 is 23.2 Å². The van der Waals surface area contributed by atoms with Gasteiger partial charge in [0.2, 0.25) is 0 Å². The number of fused-ring (bicyclic) bond motifs is 1. The SMILES string of the molecule is O=C(C[NH+]1CCCC[C@@H]1c1nc2ccccc2s1)Nc1ccccc1OC(F)F. The van der Waals surface area contributed by atoms with E-state index in [1.165, 1.54) is 6.07 Å². The number of amides is 1. The summed E-state index contributed by atoms with van der Waals surface area (Å²) < 4.78 is 30.8. The molecule has 8 heteroatoms. The number of anilines is 1. The molecule has 1 amide bonds. The highest BCUT2D eigenvalue weighted by molar-refractivity contribution is 7.18. The first-order chi connectivity index (χ1) is 14.1. The Morgan fingerprint density at radius 1 is 1.21 bits per heavy atom. The van der Waals surface area contributed by atoms with Gasteiger partial charge in [-0.1, -0.05) is 24.3 Å². The summed E-state index contributed by atoms with van der Waals surface area (Å²) in [6.45, 7) is -1.81. The molecule has 2 heterocycles. The molecule has 0 spiro atoms. The molecule has 1 unspecified atom stereocenters. The fourth-order valence-corrected chi connectivity index (χ4v) is 4.96. The average Bonchev–Trinajstić information content (AvgIpc) is 3.13. The summed E-state index contributed by atoms with van der Waals surface area (Å²) in [5.74, 6) is -0.259. The van der Waals surface area contributed by atoms with Crippen molar-refractivity contribution in [3.05, 3.63) is 53.5 Å². The molecule has 0 saturated carbocycles. The van der Waals surface area contributed by atoms with Gasteiger partial charge in [0.1, 0.15) is 11.8 Å². The number of thiazole rings is 1. The molecule has 2 N–H and O–H groups in total. The molecule has 0 radical (unpaired) electrons. The van der Waals surface area contributed by atoms with Gasteiger partial charge in [-0.2, -0.15) is 8.78 Å². The number of halogens is 2. The normalized spacial score (nSPS) is 19.4. The van der Waals surface area contributed by atoms with Crippen LogP contribution in [0, 0.1) is 0 Å². The average molecular weight is 418 g/mol. The molecular formula is C21H22F2N3O2S+. The zero-order chi connectivity index (χ0) is 20.2. The number of hydrogen-bond donors (Lipinski definition) is 2. The second-order valence-electron chi connectivity index (χ2n) is 7.08. The summed E-state index contributed by atoms with van der Waals surface area (Å²) in [7, 11) is 0. The number of benzene rings is 2. The minimum atomic E-state index is -2.94. The molecule has 2 atom stereocenters. The third kappa shape index (κ3) is 4.71. The molecule has 1 fully saturated rings. The van der Waals surface area contributed by atoms with Crippen LogP contribution in [0.5, 0.6) is 5.75 Å². The summed E-state index contributed by atoms with van der Waals surface area (Å²) in [4.78, 5) is 18.6. The van der Waals surface area contributed by atoms with Crippen molar-refractivity contribution in [2.24, 2.45) is 0 Å². The van der Waals surface area contributed by atoms with Crippen LogP contribution in [0.4, 0.5) is 14.5 Å². The third-order valence-corrected chi connectivity index (χ3v) is 6.26. The summed E-state index contributed by atoms with van der Waals surface area (Å²) in [5.41, 5.74) is 1.24. The number of nitrogens with one attached hydrogen (secondary N) is 2. The smallest absolute Gasteiger partial charge is 0.387 e. The van der Waals surface area contributed by atoms with Crippen molar-refractivity contribution in [1.82, 2.24) is 4.98 Å². The van der Waals surface area contributed by atoms with E-state index in [0.29, 0.717) is 0 Å². The maximum absolute atomic E-state index is 12.7. The van der Waals surface area contributed by atoms with Crippen molar-refractivity contribution >= 4 is 33.1 Å². The van der Waals surface area contributed by atoms with Gasteiger partial charge in [0.15, 0.2) is 11.6 Å². The predicted molar refractivity (Wildman–Crippen MR) is 109 cm³/mol. The number of carbonyl (C=O) groups is 1. The molecule has 4 rings (SSSR count). The minimum Gasteiger partial charge on any atom is -0.433 e. The lowest BCUT2D eigenvalue weighted by atomic mass is 10.0. The van der Waals surface area contributed by atoms with Gasteiger partial charge < -0.3 is 15.0 Å². The Morgan fingerprint density at radius 2 is 2.00 bits per heavy atom. The van der Waals surface area contributed by atoms with E-state index in [1.807, 2.05) is 18.2 Å². The fourth-order valence-electron chi connectivity index (χ4n) is 3.80. The topological polar surface area (TPSA) is 55.7 Å². The van der Waals surface area contributed by atoms with Crippen molar-refractivity contribution in [1.29, 1.82) is 0 Å². The Labute approximate surface area is 171 Å². The lowest BCUT2D eigenvalue weighted by Gasteiger charge is -2.30. The van der Waals surface area contributed by atoms with E-state index in [9.17, 15) is 13.6 Å². The van der Waals surface area contributed by atoms with E-state index in [-0.39, 0.29) is 29.9 Å². The van der Waals surface area contributed by atoms with Crippen LogP contribution in [0.2, 0.25) is 0 Å². The third-order valence-electron chi connectivity index (χ3n) is 5.11. The van der Waals surface area contributed by atoms with Gasteiger partial charge in [-0.15, -0.1) is 11.3 Å². The molecule has 1 aromatic heterocycles. The molecular weight excluding hydrogens is 396 g/mol. The summed E-state index contributed by atoms with van der Waals surface area (Å²) in [6.07, 6.45) is 3.14. The van der Waals surface area contributed by atoms with Crippen molar-refractivity contribution in [3.63, 3.8) is 0 Å². The largest absolute Gasteiger partial charge is 0.433 e. The van der Waals surface area contributed by atoms with Crippen LogP contribution in [0.1, 0.15) is 30.3 Å². The summed E-state index contributed by atoms with van der Waals surface area (Å²) >= 11 is 1.68. The van der Waals surface area contributed by atoms with E-state index >= 15 is 0 Å². The van der Waals surface area contributed by atoms with E-state index in [2.05, 4.69) is 16.1 Å². The number of ether oxygens (including phenoxy) is 1. The monoisotopic (exact) mass is 418 g/mol. The maximum Gasteiger partial charge on any atom is 0.387 e. The van der Waals surface area contributed by atoms with Gasteiger partial charge in [0.05, 0.1) is 22.4 Å². The molecule has 3 aromatic rings. The molecule has 5 nitrogen and oxygen atoms in total. The zero-order valence-electron chi connectivity index (χ0n) is 15.7. The van der Waals surface area contributed by atoms with Crippen LogP contribution in [0.25, 0.3) is 10.2 Å². The number of carbonyl (C=O) groups excluding carboxylic acids is 1. The number of nitrogens with zero attached hydrogens (tertiary/aromatic N) is 1. The lowest BCUT2D eigenvalue weighted by Crippen LogP contribution is -3.14. The minimum absolute atomic E-state index is 0.0350. The molecule has 2 aromatic carbocycles. The highest BCUT2D eigenvalue weighted by Crippen LogP contribution is 2.29. The Hall–Kier alpha value is -2.58. The van der Waals surface area contributed by atoms with Crippen molar-refractivity contribution in [3.8, 4) is 5.75 Å². The first kappa shape index (κ1) is 19.7. The second kappa shape index (κ2) is 8.84. The van der Waals surface area contributed by atoms with Crippen molar-refractivity contribution in [2.75, 3.05) is 18.4 Å². The predicted octanol–water partition coefficient (Wildman–Crippen LogP) is 3.65. The Kier molecular flexibility index (Phi) is 6.01. The molecule has 1 aliphatic rings. The van der Waals surface area contributed by atoms with E-state index in [0.717, 1.165) is 45.9 Å². The lowest BCUT2D eigenvalue weighted by molar-refractivity contribution is -0.929. The second-order valence-corrected chi connectivity index (χ2v) is 8.14. The highest BCUT2D eigenvalue weighted by Gasteiger charge is 2.32. The molecule has 0 aliphatic carbocycles. The number of para-hydroxylation sites is 3. The van der Waals surface area contributed by atoms with E-state index < -0.39 is 6.61 Å². The first-order valence-electron chi connectivity index (χ1n) is 9.64. The molecule has 29 heavy (non-hydrogen) atoms. The van der Waals surface area contributed by atoms with Crippen LogP contribution in [-0.4, -0.2) is 30.6 Å². The van der Waals surface area contributed by atoms with E-state index in [1.54, 1.807) is 29.5 Å². The van der Waals surface area contributed by atoms with Crippen LogP contribution in [0.3, 0.4) is 0 Å².